The predicted molar refractivity (Wildman–Crippen MR) is 79.9 cm³/mol. The number of thioether (sulfide) groups is 1. The molecular formula is C14H30N2S. The average molecular weight is 258 g/mol. The van der Waals surface area contributed by atoms with E-state index in [1.807, 2.05) is 0 Å². The molecule has 1 rings (SSSR count). The molecule has 0 radical (unpaired) electrons. The van der Waals surface area contributed by atoms with Gasteiger partial charge in [-0.15, -0.1) is 0 Å². The highest BCUT2D eigenvalue weighted by atomic mass is 32.2. The number of nitrogens with zero attached hydrogens (tertiary/aromatic N) is 1. The van der Waals surface area contributed by atoms with Crippen molar-refractivity contribution in [3.8, 4) is 0 Å². The topological polar surface area (TPSA) is 15.3 Å². The summed E-state index contributed by atoms with van der Waals surface area (Å²) in [6, 6.07) is 0.640. The molecule has 1 saturated heterocycles. The van der Waals surface area contributed by atoms with Crippen LogP contribution in [0.15, 0.2) is 0 Å². The lowest BCUT2D eigenvalue weighted by molar-refractivity contribution is 0.275. The van der Waals surface area contributed by atoms with Crippen LogP contribution >= 0.6 is 11.8 Å². The zero-order valence-corrected chi connectivity index (χ0v) is 12.9. The Labute approximate surface area is 112 Å². The lowest BCUT2D eigenvalue weighted by atomic mass is 10.1. The Morgan fingerprint density at radius 1 is 1.24 bits per heavy atom. The van der Waals surface area contributed by atoms with E-state index in [0.29, 0.717) is 6.04 Å². The zero-order valence-electron chi connectivity index (χ0n) is 12.0. The molecule has 2 nitrogen and oxygen atoms in total. The van der Waals surface area contributed by atoms with Gasteiger partial charge in [0, 0.05) is 24.4 Å². The smallest absolute Gasteiger partial charge is 0.0107 e. The third kappa shape index (κ3) is 6.12. The van der Waals surface area contributed by atoms with E-state index in [9.17, 15) is 0 Å². The van der Waals surface area contributed by atoms with Gasteiger partial charge in [0.15, 0.2) is 0 Å². The molecule has 0 aromatic rings. The molecule has 1 fully saturated rings. The van der Waals surface area contributed by atoms with Crippen molar-refractivity contribution in [2.75, 3.05) is 32.4 Å². The zero-order chi connectivity index (χ0) is 12.7. The van der Waals surface area contributed by atoms with Crippen molar-refractivity contribution in [3.05, 3.63) is 0 Å². The standard InChI is InChI=1S/C14H30N2S/c1-12(2)13(3)15-8-11-16-9-5-6-14(17-4)7-10-16/h12-15H,5-11H2,1-4H3. The summed E-state index contributed by atoms with van der Waals surface area (Å²) in [7, 11) is 0. The monoisotopic (exact) mass is 258 g/mol. The summed E-state index contributed by atoms with van der Waals surface area (Å²) in [5, 5.41) is 4.53. The molecule has 3 heteroatoms. The molecule has 0 aliphatic carbocycles. The molecule has 2 atom stereocenters. The van der Waals surface area contributed by atoms with Crippen LogP contribution in [0.1, 0.15) is 40.0 Å². The molecule has 0 aromatic carbocycles. The molecule has 17 heavy (non-hydrogen) atoms. The summed E-state index contributed by atoms with van der Waals surface area (Å²) >= 11 is 2.05. The Morgan fingerprint density at radius 3 is 2.65 bits per heavy atom. The van der Waals surface area contributed by atoms with E-state index in [4.69, 9.17) is 0 Å². The van der Waals surface area contributed by atoms with Crippen LogP contribution in [-0.4, -0.2) is 48.6 Å². The highest BCUT2D eigenvalue weighted by molar-refractivity contribution is 7.99. The average Bonchev–Trinajstić information content (AvgIpc) is 2.54. The number of likely N-dealkylation sites (tertiary alicyclic amines) is 1. The lowest BCUT2D eigenvalue weighted by Gasteiger charge is -2.23. The van der Waals surface area contributed by atoms with Gasteiger partial charge in [0.25, 0.3) is 0 Å². The van der Waals surface area contributed by atoms with Crippen molar-refractivity contribution in [3.63, 3.8) is 0 Å². The summed E-state index contributed by atoms with van der Waals surface area (Å²) in [5.74, 6) is 0.736. The highest BCUT2D eigenvalue weighted by Gasteiger charge is 2.15. The van der Waals surface area contributed by atoms with Crippen LogP contribution in [0, 0.1) is 5.92 Å². The maximum absolute atomic E-state index is 3.63. The maximum Gasteiger partial charge on any atom is 0.0107 e. The normalized spacial score (nSPS) is 24.9. The van der Waals surface area contributed by atoms with Crippen LogP contribution in [0.4, 0.5) is 0 Å². The summed E-state index contributed by atoms with van der Waals surface area (Å²) in [5.41, 5.74) is 0. The first-order valence-electron chi connectivity index (χ1n) is 7.12. The summed E-state index contributed by atoms with van der Waals surface area (Å²) in [6.45, 7) is 11.8. The Morgan fingerprint density at radius 2 is 2.00 bits per heavy atom. The first-order valence-corrected chi connectivity index (χ1v) is 8.40. The van der Waals surface area contributed by atoms with E-state index in [1.165, 1.54) is 38.9 Å². The van der Waals surface area contributed by atoms with Gasteiger partial charge in [0.05, 0.1) is 0 Å². The molecule has 0 aromatic heterocycles. The molecule has 1 N–H and O–H groups in total. The number of hydrogen-bond acceptors (Lipinski definition) is 3. The Balaban J connectivity index is 2.15. The van der Waals surface area contributed by atoms with Crippen molar-refractivity contribution in [1.29, 1.82) is 0 Å². The Hall–Kier alpha value is 0.270. The quantitative estimate of drug-likeness (QED) is 0.789. The molecule has 1 aliphatic heterocycles. The van der Waals surface area contributed by atoms with Crippen LogP contribution in [-0.2, 0) is 0 Å². The van der Waals surface area contributed by atoms with Crippen molar-refractivity contribution in [2.24, 2.45) is 5.92 Å². The van der Waals surface area contributed by atoms with Gasteiger partial charge in [-0.05, 0) is 51.4 Å². The van der Waals surface area contributed by atoms with Crippen molar-refractivity contribution in [2.45, 2.75) is 51.3 Å². The van der Waals surface area contributed by atoms with Gasteiger partial charge in [-0.1, -0.05) is 13.8 Å². The fraction of sp³-hybridized carbons (Fsp3) is 1.00. The van der Waals surface area contributed by atoms with Crippen LogP contribution < -0.4 is 5.32 Å². The van der Waals surface area contributed by atoms with Crippen molar-refractivity contribution < 1.29 is 0 Å². The number of rotatable bonds is 6. The fourth-order valence-corrected chi connectivity index (χ4v) is 3.01. The third-order valence-electron chi connectivity index (χ3n) is 4.00. The van der Waals surface area contributed by atoms with Gasteiger partial charge in [-0.3, -0.25) is 0 Å². The third-order valence-corrected chi connectivity index (χ3v) is 5.13. The van der Waals surface area contributed by atoms with Gasteiger partial charge in [0.2, 0.25) is 0 Å². The highest BCUT2D eigenvalue weighted by Crippen LogP contribution is 2.20. The van der Waals surface area contributed by atoms with E-state index >= 15 is 0 Å². The molecule has 102 valence electrons. The van der Waals surface area contributed by atoms with E-state index in [1.54, 1.807) is 0 Å². The van der Waals surface area contributed by atoms with E-state index in [-0.39, 0.29) is 0 Å². The predicted octanol–water partition coefficient (Wildman–Crippen LogP) is 2.84. The number of nitrogens with one attached hydrogen (secondary N) is 1. The van der Waals surface area contributed by atoms with Crippen LogP contribution in [0.25, 0.3) is 0 Å². The lowest BCUT2D eigenvalue weighted by Crippen LogP contribution is -2.38. The second-order valence-corrected chi connectivity index (χ2v) is 6.76. The minimum atomic E-state index is 0.640. The molecular weight excluding hydrogens is 228 g/mol. The minimum absolute atomic E-state index is 0.640. The van der Waals surface area contributed by atoms with Gasteiger partial charge >= 0.3 is 0 Å². The van der Waals surface area contributed by atoms with Gasteiger partial charge in [-0.25, -0.2) is 0 Å². The minimum Gasteiger partial charge on any atom is -0.313 e. The first kappa shape index (κ1) is 15.3. The fourth-order valence-electron chi connectivity index (χ4n) is 2.27. The van der Waals surface area contributed by atoms with Crippen molar-refractivity contribution in [1.82, 2.24) is 10.2 Å². The van der Waals surface area contributed by atoms with Crippen LogP contribution in [0.3, 0.4) is 0 Å². The maximum atomic E-state index is 3.63. The first-order chi connectivity index (χ1) is 8.13. The molecule has 0 spiro atoms. The van der Waals surface area contributed by atoms with Crippen molar-refractivity contribution >= 4 is 11.8 Å². The van der Waals surface area contributed by atoms with Gasteiger partial charge in [-0.2, -0.15) is 11.8 Å². The van der Waals surface area contributed by atoms with E-state index in [0.717, 1.165) is 17.7 Å². The molecule has 2 unspecified atom stereocenters. The summed E-state index contributed by atoms with van der Waals surface area (Å²) in [6.07, 6.45) is 6.42. The summed E-state index contributed by atoms with van der Waals surface area (Å²) < 4.78 is 0. The molecule has 1 aliphatic rings. The largest absolute Gasteiger partial charge is 0.313 e. The SMILES string of the molecule is CSC1CCCN(CCNC(C)C(C)C)CC1. The van der Waals surface area contributed by atoms with Gasteiger partial charge in [0.1, 0.15) is 0 Å². The van der Waals surface area contributed by atoms with E-state index in [2.05, 4.69) is 49.0 Å². The van der Waals surface area contributed by atoms with Crippen LogP contribution in [0.2, 0.25) is 0 Å². The molecule has 0 saturated carbocycles. The molecule has 1 heterocycles. The summed E-state index contributed by atoms with van der Waals surface area (Å²) in [4.78, 5) is 2.64. The second kappa shape index (κ2) is 8.39. The molecule has 0 amide bonds. The van der Waals surface area contributed by atoms with E-state index < -0.39 is 0 Å². The van der Waals surface area contributed by atoms with Crippen LogP contribution in [0.5, 0.6) is 0 Å². The number of hydrogen-bond donors (Lipinski definition) is 1. The second-order valence-electron chi connectivity index (χ2n) is 5.62. The Kier molecular flexibility index (Phi) is 7.56. The Bertz CT molecular complexity index is 197. The molecule has 0 bridgehead atoms. The van der Waals surface area contributed by atoms with Gasteiger partial charge < -0.3 is 10.2 Å².